The molecule has 0 bridgehead atoms. The number of hydrogen-bond acceptors (Lipinski definition) is 7. The summed E-state index contributed by atoms with van der Waals surface area (Å²) in [7, 11) is 0. The molecule has 0 aliphatic rings. The van der Waals surface area contributed by atoms with Crippen molar-refractivity contribution in [2.75, 3.05) is 5.32 Å². The van der Waals surface area contributed by atoms with Crippen LogP contribution in [-0.2, 0) is 0 Å². The standard InChI is InChI=1S/C21H14N4O5S/c1-12-17(9-16(24(27)28)10-19(12)25(29)30)20(26)23-21-22-18(11-31-21)15-7-6-13-4-2-3-5-14(13)8-15/h2-11H,1H3,(H,22,23,26). The molecule has 3 aromatic carbocycles. The third-order valence-corrected chi connectivity index (χ3v) is 5.54. The number of carbonyl (C=O) groups excluding carboxylic acids is 1. The number of fused-ring (bicyclic) bond motifs is 1. The van der Waals surface area contributed by atoms with E-state index in [2.05, 4.69) is 10.3 Å². The zero-order valence-electron chi connectivity index (χ0n) is 16.1. The summed E-state index contributed by atoms with van der Waals surface area (Å²) >= 11 is 1.19. The summed E-state index contributed by atoms with van der Waals surface area (Å²) in [6, 6.07) is 15.7. The minimum Gasteiger partial charge on any atom is -0.298 e. The van der Waals surface area contributed by atoms with Gasteiger partial charge >= 0.3 is 0 Å². The number of hydrogen-bond donors (Lipinski definition) is 1. The second-order valence-corrected chi connectivity index (χ2v) is 7.56. The third-order valence-electron chi connectivity index (χ3n) is 4.79. The van der Waals surface area contributed by atoms with Gasteiger partial charge in [-0.25, -0.2) is 4.98 Å². The number of nitro groups is 2. The minimum atomic E-state index is -0.773. The summed E-state index contributed by atoms with van der Waals surface area (Å²) in [6.45, 7) is 1.37. The topological polar surface area (TPSA) is 128 Å². The molecule has 0 unspecified atom stereocenters. The monoisotopic (exact) mass is 434 g/mol. The first kappa shape index (κ1) is 20.1. The van der Waals surface area contributed by atoms with E-state index in [9.17, 15) is 25.0 Å². The maximum Gasteiger partial charge on any atom is 0.279 e. The van der Waals surface area contributed by atoms with Crippen LogP contribution in [0.5, 0.6) is 0 Å². The Labute approximate surface area is 179 Å². The molecular weight excluding hydrogens is 420 g/mol. The maximum atomic E-state index is 12.7. The number of nitro benzene ring substituents is 2. The van der Waals surface area contributed by atoms with E-state index in [0.717, 1.165) is 28.5 Å². The van der Waals surface area contributed by atoms with Crippen LogP contribution in [0.25, 0.3) is 22.0 Å². The molecule has 10 heteroatoms. The van der Waals surface area contributed by atoms with Crippen molar-refractivity contribution in [1.82, 2.24) is 4.98 Å². The molecule has 1 N–H and O–H groups in total. The number of anilines is 1. The number of nitrogens with zero attached hydrogens (tertiary/aromatic N) is 3. The fourth-order valence-corrected chi connectivity index (χ4v) is 3.91. The Hall–Kier alpha value is -4.18. The van der Waals surface area contributed by atoms with Gasteiger partial charge in [0.25, 0.3) is 17.3 Å². The number of aromatic nitrogens is 1. The lowest BCUT2D eigenvalue weighted by molar-refractivity contribution is -0.394. The molecule has 4 rings (SSSR count). The number of nitrogens with one attached hydrogen (secondary N) is 1. The van der Waals surface area contributed by atoms with Gasteiger partial charge in [0, 0.05) is 22.6 Å². The first-order valence-corrected chi connectivity index (χ1v) is 9.91. The number of benzene rings is 3. The van der Waals surface area contributed by atoms with Crippen molar-refractivity contribution < 1.29 is 14.6 Å². The van der Waals surface area contributed by atoms with Crippen molar-refractivity contribution in [3.63, 3.8) is 0 Å². The normalized spacial score (nSPS) is 10.7. The van der Waals surface area contributed by atoms with Gasteiger partial charge in [0.1, 0.15) is 0 Å². The summed E-state index contributed by atoms with van der Waals surface area (Å²) in [5.41, 5.74) is 0.405. The Kier molecular flexibility index (Phi) is 5.14. The van der Waals surface area contributed by atoms with Crippen molar-refractivity contribution >= 4 is 44.5 Å². The van der Waals surface area contributed by atoms with Gasteiger partial charge in [-0.15, -0.1) is 11.3 Å². The van der Waals surface area contributed by atoms with Crippen LogP contribution in [0, 0.1) is 27.2 Å². The Bertz CT molecular complexity index is 1370. The van der Waals surface area contributed by atoms with Crippen molar-refractivity contribution in [3.8, 4) is 11.3 Å². The summed E-state index contributed by atoms with van der Waals surface area (Å²) in [4.78, 5) is 37.9. The average Bonchev–Trinajstić information content (AvgIpc) is 3.21. The third kappa shape index (κ3) is 3.96. The van der Waals surface area contributed by atoms with Crippen LogP contribution in [0.4, 0.5) is 16.5 Å². The number of thiazole rings is 1. The predicted octanol–water partition coefficient (Wildman–Crippen LogP) is 5.34. The highest BCUT2D eigenvalue weighted by atomic mass is 32.1. The molecule has 0 fully saturated rings. The molecular formula is C21H14N4O5S. The van der Waals surface area contributed by atoms with Crippen LogP contribution in [0.2, 0.25) is 0 Å². The van der Waals surface area contributed by atoms with Gasteiger partial charge < -0.3 is 0 Å². The van der Waals surface area contributed by atoms with Crippen LogP contribution in [0.15, 0.2) is 60.0 Å². The van der Waals surface area contributed by atoms with E-state index in [0.29, 0.717) is 5.69 Å². The highest BCUT2D eigenvalue weighted by Crippen LogP contribution is 2.30. The Morgan fingerprint density at radius 2 is 1.74 bits per heavy atom. The highest BCUT2D eigenvalue weighted by molar-refractivity contribution is 7.14. The lowest BCUT2D eigenvalue weighted by atomic mass is 10.0. The summed E-state index contributed by atoms with van der Waals surface area (Å²) in [6.07, 6.45) is 0. The molecule has 4 aromatic rings. The van der Waals surface area contributed by atoms with Gasteiger partial charge in [0.05, 0.1) is 27.2 Å². The molecule has 31 heavy (non-hydrogen) atoms. The van der Waals surface area contributed by atoms with Gasteiger partial charge in [-0.1, -0.05) is 36.4 Å². The zero-order valence-corrected chi connectivity index (χ0v) is 16.9. The molecule has 0 saturated heterocycles. The van der Waals surface area contributed by atoms with Crippen molar-refractivity contribution in [2.24, 2.45) is 0 Å². The summed E-state index contributed by atoms with van der Waals surface area (Å²) in [5, 5.41) is 29.1. The minimum absolute atomic E-state index is 0.0411. The molecule has 9 nitrogen and oxygen atoms in total. The smallest absolute Gasteiger partial charge is 0.279 e. The number of rotatable bonds is 5. The Morgan fingerprint density at radius 3 is 2.45 bits per heavy atom. The molecule has 0 aliphatic carbocycles. The molecule has 0 aliphatic heterocycles. The molecule has 0 atom stereocenters. The SMILES string of the molecule is Cc1c(C(=O)Nc2nc(-c3ccc4ccccc4c3)cs2)cc([N+](=O)[O-])cc1[N+](=O)[O-]. The summed E-state index contributed by atoms with van der Waals surface area (Å²) < 4.78 is 0. The van der Waals surface area contributed by atoms with Gasteiger partial charge in [0.15, 0.2) is 5.13 Å². The van der Waals surface area contributed by atoms with E-state index in [4.69, 9.17) is 0 Å². The van der Waals surface area contributed by atoms with Gasteiger partial charge in [0.2, 0.25) is 0 Å². The highest BCUT2D eigenvalue weighted by Gasteiger charge is 2.25. The zero-order chi connectivity index (χ0) is 22.1. The van der Waals surface area contributed by atoms with E-state index in [1.165, 1.54) is 18.3 Å². The van der Waals surface area contributed by atoms with Crippen molar-refractivity contribution in [1.29, 1.82) is 0 Å². The van der Waals surface area contributed by atoms with E-state index in [1.54, 1.807) is 5.38 Å². The van der Waals surface area contributed by atoms with Gasteiger partial charge in [-0.05, 0) is 23.8 Å². The molecule has 154 valence electrons. The van der Waals surface area contributed by atoms with Crippen LogP contribution < -0.4 is 5.32 Å². The number of carbonyl (C=O) groups is 1. The van der Waals surface area contributed by atoms with E-state index >= 15 is 0 Å². The lowest BCUT2D eigenvalue weighted by Gasteiger charge is -2.06. The quantitative estimate of drug-likeness (QED) is 0.333. The summed E-state index contributed by atoms with van der Waals surface area (Å²) in [5.74, 6) is -0.705. The lowest BCUT2D eigenvalue weighted by Crippen LogP contribution is -2.14. The second-order valence-electron chi connectivity index (χ2n) is 6.71. The molecule has 0 saturated carbocycles. The maximum absolute atomic E-state index is 12.7. The second kappa shape index (κ2) is 7.92. The van der Waals surface area contributed by atoms with Gasteiger partial charge in [-0.3, -0.25) is 30.3 Å². The Morgan fingerprint density at radius 1 is 1.00 bits per heavy atom. The molecule has 1 heterocycles. The molecule has 0 spiro atoms. The average molecular weight is 434 g/mol. The van der Waals surface area contributed by atoms with E-state index < -0.39 is 27.1 Å². The first-order chi connectivity index (χ1) is 14.8. The van der Waals surface area contributed by atoms with Crippen LogP contribution in [0.1, 0.15) is 15.9 Å². The number of amides is 1. The van der Waals surface area contributed by atoms with Crippen LogP contribution in [-0.4, -0.2) is 20.7 Å². The van der Waals surface area contributed by atoms with E-state index in [-0.39, 0.29) is 16.3 Å². The number of non-ortho nitro benzene ring substituents is 1. The van der Waals surface area contributed by atoms with Crippen molar-refractivity contribution in [3.05, 3.63) is 91.3 Å². The van der Waals surface area contributed by atoms with Crippen LogP contribution in [0.3, 0.4) is 0 Å². The fraction of sp³-hybridized carbons (Fsp3) is 0.0476. The molecule has 0 radical (unpaired) electrons. The fourth-order valence-electron chi connectivity index (χ4n) is 3.19. The Balaban J connectivity index is 1.63. The first-order valence-electron chi connectivity index (χ1n) is 9.03. The van der Waals surface area contributed by atoms with Crippen LogP contribution >= 0.6 is 11.3 Å². The largest absolute Gasteiger partial charge is 0.298 e. The van der Waals surface area contributed by atoms with E-state index in [1.807, 2.05) is 42.5 Å². The molecule has 1 aromatic heterocycles. The van der Waals surface area contributed by atoms with Crippen molar-refractivity contribution in [2.45, 2.75) is 6.92 Å². The predicted molar refractivity (Wildman–Crippen MR) is 117 cm³/mol. The van der Waals surface area contributed by atoms with Gasteiger partial charge in [-0.2, -0.15) is 0 Å². The molecule has 1 amide bonds.